The second-order valence-corrected chi connectivity index (χ2v) is 9.73. The second kappa shape index (κ2) is 9.07. The standard InChI is InChI=1S/C22H29N3O3S/c1-17-11-12-19(29(27,28)25-13-7-4-8-14-25)15-20(17)22(26)23-21-10-6-5-9-18(21)16-24(2)3/h5-6,9-12,15H,4,7-8,13-14,16H2,1-3H3,(H,23,26). The molecule has 0 saturated carbocycles. The average molecular weight is 416 g/mol. The molecule has 1 aliphatic heterocycles. The number of carbonyl (C=O) groups excluding carboxylic acids is 1. The van der Waals surface area contributed by atoms with Crippen molar-refractivity contribution in [3.8, 4) is 0 Å². The minimum Gasteiger partial charge on any atom is -0.322 e. The molecule has 0 bridgehead atoms. The zero-order chi connectivity index (χ0) is 21.0. The Labute approximate surface area is 173 Å². The topological polar surface area (TPSA) is 69.7 Å². The molecule has 29 heavy (non-hydrogen) atoms. The average Bonchev–Trinajstić information content (AvgIpc) is 2.70. The summed E-state index contributed by atoms with van der Waals surface area (Å²) in [6.07, 6.45) is 2.81. The molecule has 0 atom stereocenters. The van der Waals surface area contributed by atoms with Gasteiger partial charge in [0.1, 0.15) is 0 Å². The van der Waals surface area contributed by atoms with Gasteiger partial charge in [0.05, 0.1) is 4.90 Å². The van der Waals surface area contributed by atoms with E-state index in [0.29, 0.717) is 25.2 Å². The number of hydrogen-bond acceptors (Lipinski definition) is 4. The maximum atomic E-state index is 13.0. The summed E-state index contributed by atoms with van der Waals surface area (Å²) in [5, 5.41) is 2.96. The van der Waals surface area contributed by atoms with Gasteiger partial charge in [-0.15, -0.1) is 0 Å². The van der Waals surface area contributed by atoms with E-state index in [0.717, 1.165) is 36.1 Å². The molecule has 6 nitrogen and oxygen atoms in total. The van der Waals surface area contributed by atoms with Gasteiger partial charge in [-0.2, -0.15) is 4.31 Å². The molecule has 3 rings (SSSR count). The van der Waals surface area contributed by atoms with E-state index in [1.807, 2.05) is 50.2 Å². The number of carbonyl (C=O) groups is 1. The van der Waals surface area contributed by atoms with Gasteiger partial charge in [0.2, 0.25) is 10.0 Å². The summed E-state index contributed by atoms with van der Waals surface area (Å²) in [6, 6.07) is 12.4. The van der Waals surface area contributed by atoms with Gasteiger partial charge in [0.15, 0.2) is 0 Å². The maximum Gasteiger partial charge on any atom is 0.255 e. The van der Waals surface area contributed by atoms with Gasteiger partial charge in [-0.05, 0) is 63.2 Å². The molecule has 0 unspecified atom stereocenters. The van der Waals surface area contributed by atoms with Crippen LogP contribution in [0, 0.1) is 6.92 Å². The first-order chi connectivity index (χ1) is 13.8. The van der Waals surface area contributed by atoms with Crippen LogP contribution in [0.5, 0.6) is 0 Å². The van der Waals surface area contributed by atoms with Gasteiger partial charge in [-0.3, -0.25) is 4.79 Å². The summed E-state index contributed by atoms with van der Waals surface area (Å²) in [5.74, 6) is -0.301. The van der Waals surface area contributed by atoms with Crippen LogP contribution >= 0.6 is 0 Å². The molecule has 0 radical (unpaired) electrons. The molecule has 2 aromatic rings. The van der Waals surface area contributed by atoms with E-state index in [4.69, 9.17) is 0 Å². The molecule has 2 aromatic carbocycles. The smallest absolute Gasteiger partial charge is 0.255 e. The van der Waals surface area contributed by atoms with Crippen molar-refractivity contribution in [1.82, 2.24) is 9.21 Å². The molecule has 1 fully saturated rings. The zero-order valence-corrected chi connectivity index (χ0v) is 18.1. The third-order valence-electron chi connectivity index (χ3n) is 5.16. The molecule has 1 saturated heterocycles. The first-order valence-corrected chi connectivity index (χ1v) is 11.4. The van der Waals surface area contributed by atoms with E-state index >= 15 is 0 Å². The molecule has 0 aliphatic carbocycles. The lowest BCUT2D eigenvalue weighted by Gasteiger charge is -2.26. The Morgan fingerprint density at radius 1 is 1.07 bits per heavy atom. The van der Waals surface area contributed by atoms with E-state index in [2.05, 4.69) is 5.32 Å². The number of sulfonamides is 1. The number of nitrogens with one attached hydrogen (secondary N) is 1. The van der Waals surface area contributed by atoms with Crippen LogP contribution in [-0.2, 0) is 16.6 Å². The third-order valence-corrected chi connectivity index (χ3v) is 7.05. The van der Waals surface area contributed by atoms with Crippen molar-refractivity contribution < 1.29 is 13.2 Å². The number of nitrogens with zero attached hydrogens (tertiary/aromatic N) is 2. The van der Waals surface area contributed by atoms with Crippen LogP contribution in [0.4, 0.5) is 5.69 Å². The van der Waals surface area contributed by atoms with Crippen LogP contribution in [0.25, 0.3) is 0 Å². The molecule has 7 heteroatoms. The normalized spacial score (nSPS) is 15.4. The van der Waals surface area contributed by atoms with Crippen LogP contribution in [0.2, 0.25) is 0 Å². The SMILES string of the molecule is Cc1ccc(S(=O)(=O)N2CCCCC2)cc1C(=O)Nc1ccccc1CN(C)C. The zero-order valence-electron chi connectivity index (χ0n) is 17.3. The molecular formula is C22H29N3O3S. The maximum absolute atomic E-state index is 13.0. The number of anilines is 1. The van der Waals surface area contributed by atoms with Gasteiger partial charge < -0.3 is 10.2 Å². The minimum atomic E-state index is -3.59. The number of para-hydroxylation sites is 1. The van der Waals surface area contributed by atoms with Crippen molar-refractivity contribution in [2.75, 3.05) is 32.5 Å². The van der Waals surface area contributed by atoms with E-state index < -0.39 is 10.0 Å². The fraction of sp³-hybridized carbons (Fsp3) is 0.409. The number of piperidine rings is 1. The highest BCUT2D eigenvalue weighted by atomic mass is 32.2. The summed E-state index contributed by atoms with van der Waals surface area (Å²) in [7, 11) is 0.355. The van der Waals surface area contributed by atoms with Crippen LogP contribution in [0.3, 0.4) is 0 Å². The van der Waals surface area contributed by atoms with E-state index in [-0.39, 0.29) is 10.8 Å². The van der Waals surface area contributed by atoms with Gasteiger partial charge in [0.25, 0.3) is 5.91 Å². The molecule has 156 valence electrons. The van der Waals surface area contributed by atoms with Crippen LogP contribution in [0.1, 0.15) is 40.7 Å². The summed E-state index contributed by atoms with van der Waals surface area (Å²) in [6.45, 7) is 3.59. The fourth-order valence-electron chi connectivity index (χ4n) is 3.57. The number of hydrogen-bond donors (Lipinski definition) is 1. The molecule has 1 heterocycles. The summed E-state index contributed by atoms with van der Waals surface area (Å²) in [4.78, 5) is 15.2. The number of rotatable bonds is 6. The molecule has 1 aliphatic rings. The number of amides is 1. The van der Waals surface area contributed by atoms with Crippen LogP contribution in [-0.4, -0.2) is 50.7 Å². The van der Waals surface area contributed by atoms with Crippen molar-refractivity contribution in [3.05, 3.63) is 59.2 Å². The van der Waals surface area contributed by atoms with Gasteiger partial charge in [-0.25, -0.2) is 8.42 Å². The molecule has 0 aromatic heterocycles. The lowest BCUT2D eigenvalue weighted by Crippen LogP contribution is -2.35. The van der Waals surface area contributed by atoms with E-state index in [1.165, 1.54) is 10.4 Å². The highest BCUT2D eigenvalue weighted by Crippen LogP contribution is 2.24. The van der Waals surface area contributed by atoms with E-state index in [1.54, 1.807) is 12.1 Å². The van der Waals surface area contributed by atoms with Crippen LogP contribution < -0.4 is 5.32 Å². The lowest BCUT2D eigenvalue weighted by molar-refractivity contribution is 0.102. The quantitative estimate of drug-likeness (QED) is 0.784. The Morgan fingerprint density at radius 2 is 1.76 bits per heavy atom. The monoisotopic (exact) mass is 415 g/mol. The first kappa shape index (κ1) is 21.5. The summed E-state index contributed by atoms with van der Waals surface area (Å²) < 4.78 is 27.5. The fourth-order valence-corrected chi connectivity index (χ4v) is 5.11. The minimum absolute atomic E-state index is 0.178. The van der Waals surface area contributed by atoms with Crippen LogP contribution in [0.15, 0.2) is 47.4 Å². The van der Waals surface area contributed by atoms with Crippen molar-refractivity contribution >= 4 is 21.6 Å². The first-order valence-electron chi connectivity index (χ1n) is 9.94. The Kier molecular flexibility index (Phi) is 6.72. The molecule has 1 N–H and O–H groups in total. The lowest BCUT2D eigenvalue weighted by atomic mass is 10.1. The Balaban J connectivity index is 1.88. The Hall–Kier alpha value is -2.22. The highest BCUT2D eigenvalue weighted by Gasteiger charge is 2.27. The summed E-state index contributed by atoms with van der Waals surface area (Å²) in [5.41, 5.74) is 2.85. The van der Waals surface area contributed by atoms with Crippen molar-refractivity contribution in [2.45, 2.75) is 37.6 Å². The number of aryl methyl sites for hydroxylation is 1. The molecule has 1 amide bonds. The van der Waals surface area contributed by atoms with Crippen molar-refractivity contribution in [3.63, 3.8) is 0 Å². The predicted molar refractivity (Wildman–Crippen MR) is 116 cm³/mol. The molecular weight excluding hydrogens is 386 g/mol. The highest BCUT2D eigenvalue weighted by molar-refractivity contribution is 7.89. The van der Waals surface area contributed by atoms with Crippen molar-refractivity contribution in [2.24, 2.45) is 0 Å². The third kappa shape index (κ3) is 5.04. The van der Waals surface area contributed by atoms with Gasteiger partial charge in [-0.1, -0.05) is 30.7 Å². The molecule has 0 spiro atoms. The van der Waals surface area contributed by atoms with Gasteiger partial charge in [0, 0.05) is 30.9 Å². The van der Waals surface area contributed by atoms with Gasteiger partial charge >= 0.3 is 0 Å². The Bertz CT molecular complexity index is 981. The number of benzene rings is 2. The largest absolute Gasteiger partial charge is 0.322 e. The Morgan fingerprint density at radius 3 is 2.45 bits per heavy atom. The van der Waals surface area contributed by atoms with Crippen molar-refractivity contribution in [1.29, 1.82) is 0 Å². The summed E-state index contributed by atoms with van der Waals surface area (Å²) >= 11 is 0. The second-order valence-electron chi connectivity index (χ2n) is 7.79. The predicted octanol–water partition coefficient (Wildman–Crippen LogP) is 3.48. The van der Waals surface area contributed by atoms with E-state index in [9.17, 15) is 13.2 Å².